The average molecular weight is 236 g/mol. The number of rotatable bonds is 2. The molecule has 1 amide bonds. The Balaban J connectivity index is 2.18. The van der Waals surface area contributed by atoms with E-state index in [9.17, 15) is 4.79 Å². The number of H-pyrrole nitrogens is 1. The van der Waals surface area contributed by atoms with E-state index >= 15 is 0 Å². The Bertz CT molecular complexity index is 426. The van der Waals surface area contributed by atoms with Crippen LogP contribution in [0.3, 0.4) is 0 Å². The average Bonchev–Trinajstić information content (AvgIpc) is 2.83. The van der Waals surface area contributed by atoms with Crippen LogP contribution in [0.1, 0.15) is 35.1 Å². The second kappa shape index (κ2) is 4.49. The molecular formula is C12H20N4O. The lowest BCUT2D eigenvalue weighted by atomic mass is 10.1. The summed E-state index contributed by atoms with van der Waals surface area (Å²) < 4.78 is 0. The van der Waals surface area contributed by atoms with E-state index in [4.69, 9.17) is 5.73 Å². The van der Waals surface area contributed by atoms with Crippen molar-refractivity contribution < 1.29 is 4.79 Å². The summed E-state index contributed by atoms with van der Waals surface area (Å²) in [5, 5.41) is 6.96. The van der Waals surface area contributed by atoms with Gasteiger partial charge in [0.05, 0.1) is 0 Å². The normalized spacial score (nSPS) is 24.4. The highest BCUT2D eigenvalue weighted by Gasteiger charge is 2.33. The van der Waals surface area contributed by atoms with E-state index in [0.717, 1.165) is 24.2 Å². The summed E-state index contributed by atoms with van der Waals surface area (Å²) in [7, 11) is 0. The maximum atomic E-state index is 12.4. The summed E-state index contributed by atoms with van der Waals surface area (Å²) in [4.78, 5) is 14.2. The summed E-state index contributed by atoms with van der Waals surface area (Å²) in [6.07, 6.45) is 0.991. The van der Waals surface area contributed by atoms with Crippen LogP contribution in [0.4, 0.5) is 0 Å². The third-order valence-corrected chi connectivity index (χ3v) is 3.71. The zero-order chi connectivity index (χ0) is 12.6. The Labute approximate surface area is 101 Å². The SMILES string of the molecule is Cc1[nH]nc(C(=O)N2CC(CN)CC2C)c1C. The van der Waals surface area contributed by atoms with E-state index < -0.39 is 0 Å². The van der Waals surface area contributed by atoms with Crippen LogP contribution in [0.5, 0.6) is 0 Å². The van der Waals surface area contributed by atoms with Gasteiger partial charge in [0, 0.05) is 23.8 Å². The number of nitrogens with zero attached hydrogens (tertiary/aromatic N) is 2. The number of carbonyl (C=O) groups is 1. The monoisotopic (exact) mass is 236 g/mol. The zero-order valence-electron chi connectivity index (χ0n) is 10.7. The molecule has 1 aromatic heterocycles. The number of carbonyl (C=O) groups excluding carboxylic acids is 1. The van der Waals surface area contributed by atoms with Gasteiger partial charge < -0.3 is 10.6 Å². The molecule has 2 atom stereocenters. The fraction of sp³-hybridized carbons (Fsp3) is 0.667. The standard InChI is InChI=1S/C12H20N4O/c1-7-4-10(5-13)6-16(7)12(17)11-8(2)9(3)14-15-11/h7,10H,4-6,13H2,1-3H3,(H,14,15). The third kappa shape index (κ3) is 2.07. The molecule has 5 heteroatoms. The zero-order valence-corrected chi connectivity index (χ0v) is 10.7. The molecule has 94 valence electrons. The molecule has 0 aliphatic carbocycles. The first-order valence-electron chi connectivity index (χ1n) is 6.07. The van der Waals surface area contributed by atoms with Crippen molar-refractivity contribution in [3.05, 3.63) is 17.0 Å². The van der Waals surface area contributed by atoms with Crippen molar-refractivity contribution in [1.82, 2.24) is 15.1 Å². The second-order valence-corrected chi connectivity index (χ2v) is 4.97. The Morgan fingerprint density at radius 1 is 1.59 bits per heavy atom. The maximum absolute atomic E-state index is 12.4. The molecule has 0 saturated carbocycles. The Hall–Kier alpha value is -1.36. The summed E-state index contributed by atoms with van der Waals surface area (Å²) in [6.45, 7) is 7.32. The van der Waals surface area contributed by atoms with Crippen LogP contribution < -0.4 is 5.73 Å². The van der Waals surface area contributed by atoms with Crippen molar-refractivity contribution >= 4 is 5.91 Å². The number of aromatic nitrogens is 2. The van der Waals surface area contributed by atoms with Gasteiger partial charge in [-0.1, -0.05) is 0 Å². The van der Waals surface area contributed by atoms with Gasteiger partial charge in [-0.3, -0.25) is 9.89 Å². The fourth-order valence-electron chi connectivity index (χ4n) is 2.43. The van der Waals surface area contributed by atoms with Crippen LogP contribution in [0.2, 0.25) is 0 Å². The van der Waals surface area contributed by atoms with Crippen molar-refractivity contribution in [2.45, 2.75) is 33.2 Å². The van der Waals surface area contributed by atoms with Gasteiger partial charge in [0.25, 0.3) is 5.91 Å². The minimum atomic E-state index is 0.0234. The number of nitrogens with two attached hydrogens (primary N) is 1. The van der Waals surface area contributed by atoms with Crippen molar-refractivity contribution in [2.24, 2.45) is 11.7 Å². The molecule has 2 rings (SSSR count). The highest BCUT2D eigenvalue weighted by molar-refractivity contribution is 5.94. The molecule has 1 fully saturated rings. The Morgan fingerprint density at radius 3 is 2.76 bits per heavy atom. The smallest absolute Gasteiger partial charge is 0.274 e. The number of nitrogens with one attached hydrogen (secondary N) is 1. The van der Waals surface area contributed by atoms with Crippen LogP contribution in [0.15, 0.2) is 0 Å². The minimum absolute atomic E-state index is 0.0234. The summed E-state index contributed by atoms with van der Waals surface area (Å²) >= 11 is 0. The molecule has 0 radical (unpaired) electrons. The van der Waals surface area contributed by atoms with E-state index in [1.165, 1.54) is 0 Å². The van der Waals surface area contributed by atoms with Crippen LogP contribution in [-0.4, -0.2) is 40.1 Å². The number of likely N-dealkylation sites (tertiary alicyclic amines) is 1. The molecule has 17 heavy (non-hydrogen) atoms. The predicted molar refractivity (Wildman–Crippen MR) is 65.7 cm³/mol. The molecular weight excluding hydrogens is 216 g/mol. The maximum Gasteiger partial charge on any atom is 0.274 e. The largest absolute Gasteiger partial charge is 0.334 e. The van der Waals surface area contributed by atoms with E-state index in [0.29, 0.717) is 18.2 Å². The third-order valence-electron chi connectivity index (χ3n) is 3.71. The minimum Gasteiger partial charge on any atom is -0.334 e. The number of amides is 1. The van der Waals surface area contributed by atoms with E-state index in [1.54, 1.807) is 0 Å². The van der Waals surface area contributed by atoms with Gasteiger partial charge in [-0.2, -0.15) is 5.10 Å². The van der Waals surface area contributed by atoms with Crippen molar-refractivity contribution in [3.8, 4) is 0 Å². The van der Waals surface area contributed by atoms with E-state index in [2.05, 4.69) is 17.1 Å². The molecule has 0 bridgehead atoms. The quantitative estimate of drug-likeness (QED) is 0.799. The van der Waals surface area contributed by atoms with Gasteiger partial charge in [0.15, 0.2) is 5.69 Å². The van der Waals surface area contributed by atoms with E-state index in [-0.39, 0.29) is 11.9 Å². The highest BCUT2D eigenvalue weighted by atomic mass is 16.2. The Kier molecular flexibility index (Phi) is 3.19. The van der Waals surface area contributed by atoms with Crippen molar-refractivity contribution in [2.75, 3.05) is 13.1 Å². The van der Waals surface area contributed by atoms with Crippen LogP contribution in [0.25, 0.3) is 0 Å². The lowest BCUT2D eigenvalue weighted by Gasteiger charge is -2.20. The van der Waals surface area contributed by atoms with Gasteiger partial charge in [-0.15, -0.1) is 0 Å². The fourth-order valence-corrected chi connectivity index (χ4v) is 2.43. The number of hydrogen-bond acceptors (Lipinski definition) is 3. The molecule has 2 unspecified atom stereocenters. The first kappa shape index (κ1) is 12.1. The molecule has 1 aliphatic rings. The molecule has 0 spiro atoms. The first-order chi connectivity index (χ1) is 8.04. The topological polar surface area (TPSA) is 75.0 Å². The second-order valence-electron chi connectivity index (χ2n) is 4.97. The Morgan fingerprint density at radius 2 is 2.29 bits per heavy atom. The van der Waals surface area contributed by atoms with Crippen molar-refractivity contribution in [3.63, 3.8) is 0 Å². The summed E-state index contributed by atoms with van der Waals surface area (Å²) in [5.74, 6) is 0.449. The molecule has 1 aliphatic heterocycles. The van der Waals surface area contributed by atoms with Crippen molar-refractivity contribution in [1.29, 1.82) is 0 Å². The van der Waals surface area contributed by atoms with Gasteiger partial charge in [-0.05, 0) is 39.7 Å². The lowest BCUT2D eigenvalue weighted by molar-refractivity contribution is 0.0736. The number of aryl methyl sites for hydroxylation is 1. The predicted octanol–water partition coefficient (Wildman–Crippen LogP) is 0.836. The van der Waals surface area contributed by atoms with Crippen LogP contribution in [0, 0.1) is 19.8 Å². The van der Waals surface area contributed by atoms with E-state index in [1.807, 2.05) is 18.7 Å². The van der Waals surface area contributed by atoms with Crippen LogP contribution in [-0.2, 0) is 0 Å². The van der Waals surface area contributed by atoms with Gasteiger partial charge in [0.2, 0.25) is 0 Å². The molecule has 1 aromatic rings. The van der Waals surface area contributed by atoms with Gasteiger partial charge >= 0.3 is 0 Å². The lowest BCUT2D eigenvalue weighted by Crippen LogP contribution is -2.35. The van der Waals surface area contributed by atoms with Gasteiger partial charge in [0.1, 0.15) is 0 Å². The molecule has 5 nitrogen and oxygen atoms in total. The molecule has 1 saturated heterocycles. The van der Waals surface area contributed by atoms with Crippen LogP contribution >= 0.6 is 0 Å². The highest BCUT2D eigenvalue weighted by Crippen LogP contribution is 2.24. The summed E-state index contributed by atoms with van der Waals surface area (Å²) in [6, 6.07) is 0.257. The molecule has 0 aromatic carbocycles. The summed E-state index contributed by atoms with van der Waals surface area (Å²) in [5.41, 5.74) is 8.12. The molecule has 3 N–H and O–H groups in total. The van der Waals surface area contributed by atoms with Gasteiger partial charge in [-0.25, -0.2) is 0 Å². The number of aromatic amines is 1. The molecule has 2 heterocycles. The number of hydrogen-bond donors (Lipinski definition) is 2. The first-order valence-corrected chi connectivity index (χ1v) is 6.07.